The highest BCUT2D eigenvalue weighted by atomic mass is 35.5. The van der Waals surface area contributed by atoms with E-state index >= 15 is 0 Å². The van der Waals surface area contributed by atoms with Gasteiger partial charge in [-0.3, -0.25) is 9.69 Å². The van der Waals surface area contributed by atoms with Crippen LogP contribution in [-0.2, 0) is 21.2 Å². The van der Waals surface area contributed by atoms with Gasteiger partial charge in [-0.1, -0.05) is 47.5 Å². The highest BCUT2D eigenvalue weighted by Crippen LogP contribution is 2.32. The third-order valence-corrected chi connectivity index (χ3v) is 8.74. The lowest BCUT2D eigenvalue weighted by Gasteiger charge is -2.38. The van der Waals surface area contributed by atoms with Gasteiger partial charge in [-0.2, -0.15) is 4.31 Å². The van der Waals surface area contributed by atoms with Crippen molar-refractivity contribution in [3.05, 3.63) is 58.1 Å². The largest absolute Gasteiger partial charge is 0.310 e. The van der Waals surface area contributed by atoms with Crippen LogP contribution < -0.4 is 4.90 Å². The summed E-state index contributed by atoms with van der Waals surface area (Å²) >= 11 is 12.1. The lowest BCUT2D eigenvalue weighted by Crippen LogP contribution is -2.55. The van der Waals surface area contributed by atoms with Gasteiger partial charge >= 0.3 is 0 Å². The van der Waals surface area contributed by atoms with Gasteiger partial charge in [0.25, 0.3) is 0 Å². The number of carbonyl (C=O) groups is 1. The number of carbonyl (C=O) groups excluding carboxylic acids is 1. The molecule has 0 bridgehead atoms. The maximum absolute atomic E-state index is 13.1. The molecule has 0 aliphatic carbocycles. The van der Waals surface area contributed by atoms with Crippen LogP contribution in [0.2, 0.25) is 10.0 Å². The number of piperazine rings is 1. The Bertz CT molecular complexity index is 1070. The summed E-state index contributed by atoms with van der Waals surface area (Å²) < 4.78 is 27.4. The summed E-state index contributed by atoms with van der Waals surface area (Å²) in [5.41, 5.74) is 2.17. The lowest BCUT2D eigenvalue weighted by atomic mass is 10.1. The van der Waals surface area contributed by atoms with Crippen molar-refractivity contribution < 1.29 is 13.2 Å². The van der Waals surface area contributed by atoms with Crippen molar-refractivity contribution in [1.29, 1.82) is 0 Å². The third kappa shape index (κ3) is 3.85. The number of hydrogen-bond acceptors (Lipinski definition) is 4. The number of para-hydroxylation sites is 1. The van der Waals surface area contributed by atoms with Crippen molar-refractivity contribution in [3.63, 3.8) is 0 Å². The van der Waals surface area contributed by atoms with E-state index in [1.165, 1.54) is 15.9 Å². The van der Waals surface area contributed by atoms with Crippen molar-refractivity contribution in [1.82, 2.24) is 9.21 Å². The van der Waals surface area contributed by atoms with E-state index < -0.39 is 10.0 Å². The van der Waals surface area contributed by atoms with Gasteiger partial charge in [0.1, 0.15) is 4.90 Å². The molecular weight excluding hydrogens is 445 g/mol. The molecule has 1 fully saturated rings. The van der Waals surface area contributed by atoms with Gasteiger partial charge in [0.15, 0.2) is 0 Å². The van der Waals surface area contributed by atoms with Crippen LogP contribution in [0.3, 0.4) is 0 Å². The molecule has 0 saturated carbocycles. The summed E-state index contributed by atoms with van der Waals surface area (Å²) in [4.78, 5) is 17.0. The molecule has 6 nitrogen and oxygen atoms in total. The minimum atomic E-state index is -3.75. The van der Waals surface area contributed by atoms with Crippen LogP contribution in [0, 0.1) is 0 Å². The molecule has 9 heteroatoms. The van der Waals surface area contributed by atoms with Gasteiger partial charge < -0.3 is 4.90 Å². The number of nitrogens with zero attached hydrogens (tertiary/aromatic N) is 3. The van der Waals surface area contributed by atoms with E-state index in [1.54, 1.807) is 12.1 Å². The third-order valence-electron chi connectivity index (χ3n) is 5.87. The molecule has 2 aromatic carbocycles. The smallest absolute Gasteiger partial charge is 0.244 e. The Morgan fingerprint density at radius 2 is 1.67 bits per heavy atom. The molecule has 2 aliphatic rings. The summed E-state index contributed by atoms with van der Waals surface area (Å²) in [7, 11) is -3.75. The second-order valence-corrected chi connectivity index (χ2v) is 10.2. The summed E-state index contributed by atoms with van der Waals surface area (Å²) in [5, 5.41) is 0.249. The number of amides is 1. The molecule has 0 spiro atoms. The molecule has 160 valence electrons. The average molecular weight is 468 g/mol. The van der Waals surface area contributed by atoms with Crippen molar-refractivity contribution in [3.8, 4) is 0 Å². The van der Waals surface area contributed by atoms with E-state index in [1.807, 2.05) is 34.9 Å². The standard InChI is InChI=1S/C21H23Cl2N3O3S/c1-15(21(27)26-10-9-16-5-2-3-7-18(16)26)24-11-13-25(14-12-24)30(28,29)19-8-4-6-17(22)20(19)23/h2-8,15H,9-14H2,1H3. The number of sulfonamides is 1. The Morgan fingerprint density at radius 3 is 2.40 bits per heavy atom. The van der Waals surface area contributed by atoms with Gasteiger partial charge in [-0.25, -0.2) is 8.42 Å². The van der Waals surface area contributed by atoms with E-state index in [0.29, 0.717) is 32.7 Å². The van der Waals surface area contributed by atoms with Crippen molar-refractivity contribution >= 4 is 44.8 Å². The molecule has 1 atom stereocenters. The molecule has 0 radical (unpaired) electrons. The first-order valence-electron chi connectivity index (χ1n) is 9.88. The van der Waals surface area contributed by atoms with Gasteiger partial charge in [0.2, 0.25) is 15.9 Å². The van der Waals surface area contributed by atoms with E-state index in [0.717, 1.165) is 12.1 Å². The first-order valence-corrected chi connectivity index (χ1v) is 12.1. The number of rotatable bonds is 4. The van der Waals surface area contributed by atoms with Crippen LogP contribution in [0.25, 0.3) is 0 Å². The van der Waals surface area contributed by atoms with E-state index in [-0.39, 0.29) is 26.9 Å². The predicted molar refractivity (Wildman–Crippen MR) is 119 cm³/mol. The average Bonchev–Trinajstić information content (AvgIpc) is 3.19. The van der Waals surface area contributed by atoms with Crippen molar-refractivity contribution in [2.45, 2.75) is 24.3 Å². The van der Waals surface area contributed by atoms with Gasteiger partial charge in [-0.15, -0.1) is 0 Å². The Balaban J connectivity index is 1.43. The number of hydrogen-bond donors (Lipinski definition) is 0. The van der Waals surface area contributed by atoms with Crippen LogP contribution in [-0.4, -0.2) is 62.3 Å². The Hall–Kier alpha value is -1.64. The number of benzene rings is 2. The maximum atomic E-state index is 13.1. The SMILES string of the molecule is CC(C(=O)N1CCc2ccccc21)N1CCN(S(=O)(=O)c2cccc(Cl)c2Cl)CC1. The van der Waals surface area contributed by atoms with Crippen LogP contribution in [0.15, 0.2) is 47.4 Å². The van der Waals surface area contributed by atoms with Crippen molar-refractivity contribution in [2.75, 3.05) is 37.6 Å². The molecule has 2 aliphatic heterocycles. The van der Waals surface area contributed by atoms with Crippen LogP contribution in [0.5, 0.6) is 0 Å². The molecule has 1 unspecified atom stereocenters. The minimum Gasteiger partial charge on any atom is -0.310 e. The fourth-order valence-electron chi connectivity index (χ4n) is 4.10. The zero-order valence-electron chi connectivity index (χ0n) is 16.6. The van der Waals surface area contributed by atoms with E-state index in [4.69, 9.17) is 23.2 Å². The van der Waals surface area contributed by atoms with Gasteiger partial charge in [-0.05, 0) is 37.1 Å². The topological polar surface area (TPSA) is 60.9 Å². The first-order chi connectivity index (χ1) is 14.3. The molecule has 1 saturated heterocycles. The molecule has 4 rings (SSSR count). The monoisotopic (exact) mass is 467 g/mol. The molecular formula is C21H23Cl2N3O3S. The number of fused-ring (bicyclic) bond motifs is 1. The maximum Gasteiger partial charge on any atom is 0.244 e. The molecule has 30 heavy (non-hydrogen) atoms. The van der Waals surface area contributed by atoms with Crippen LogP contribution in [0.4, 0.5) is 5.69 Å². The Labute approximate surface area is 187 Å². The zero-order valence-corrected chi connectivity index (χ0v) is 18.9. The second-order valence-electron chi connectivity index (χ2n) is 7.54. The van der Waals surface area contributed by atoms with Gasteiger partial charge in [0, 0.05) is 38.4 Å². The van der Waals surface area contributed by atoms with E-state index in [9.17, 15) is 13.2 Å². The number of halogens is 2. The second kappa shape index (κ2) is 8.48. The predicted octanol–water partition coefficient (Wildman–Crippen LogP) is 3.28. The molecule has 2 aromatic rings. The zero-order chi connectivity index (χ0) is 21.5. The Kier molecular flexibility index (Phi) is 6.10. The quantitative estimate of drug-likeness (QED) is 0.691. The highest BCUT2D eigenvalue weighted by molar-refractivity contribution is 7.89. The van der Waals surface area contributed by atoms with Crippen molar-refractivity contribution in [2.24, 2.45) is 0 Å². The summed E-state index contributed by atoms with van der Waals surface area (Å²) in [6.45, 7) is 4.10. The molecule has 0 aromatic heterocycles. The summed E-state index contributed by atoms with van der Waals surface area (Å²) in [6, 6.07) is 12.2. The summed E-state index contributed by atoms with van der Waals surface area (Å²) in [5.74, 6) is 0.0501. The molecule has 2 heterocycles. The normalized spacial score (nSPS) is 19.0. The highest BCUT2D eigenvalue weighted by Gasteiger charge is 2.35. The van der Waals surface area contributed by atoms with Crippen LogP contribution >= 0.6 is 23.2 Å². The Morgan fingerprint density at radius 1 is 0.967 bits per heavy atom. The molecule has 0 N–H and O–H groups in total. The van der Waals surface area contributed by atoms with Gasteiger partial charge in [0.05, 0.1) is 16.1 Å². The van der Waals surface area contributed by atoms with Crippen LogP contribution in [0.1, 0.15) is 12.5 Å². The summed E-state index contributed by atoms with van der Waals surface area (Å²) in [6.07, 6.45) is 0.862. The lowest BCUT2D eigenvalue weighted by molar-refractivity contribution is -0.123. The molecule has 1 amide bonds. The minimum absolute atomic E-state index is 0.0166. The van der Waals surface area contributed by atoms with E-state index in [2.05, 4.69) is 6.07 Å². The number of anilines is 1. The first kappa shape index (κ1) is 21.6. The fraction of sp³-hybridized carbons (Fsp3) is 0.381. The fourth-order valence-corrected chi connectivity index (χ4v) is 6.26.